The van der Waals surface area contributed by atoms with Crippen molar-refractivity contribution in [1.29, 1.82) is 0 Å². The molecule has 0 radical (unpaired) electrons. The largest absolute Gasteiger partial charge is 0.481 e. The zero-order valence-corrected chi connectivity index (χ0v) is 13.0. The first kappa shape index (κ1) is 16.8. The van der Waals surface area contributed by atoms with E-state index in [1.165, 1.54) is 0 Å². The number of carboxylic acids is 1. The van der Waals surface area contributed by atoms with Crippen LogP contribution in [0, 0.1) is 11.8 Å². The monoisotopic (exact) mass is 285 g/mol. The molecule has 0 spiro atoms. The molecular weight excluding hydrogens is 258 g/mol. The van der Waals surface area contributed by atoms with Gasteiger partial charge in [0.05, 0.1) is 5.92 Å². The second kappa shape index (κ2) is 6.95. The van der Waals surface area contributed by atoms with Crippen LogP contribution < -0.4 is 0 Å². The summed E-state index contributed by atoms with van der Waals surface area (Å²) >= 11 is 0. The highest BCUT2D eigenvalue weighted by Gasteiger charge is 2.30. The highest BCUT2D eigenvalue weighted by molar-refractivity contribution is 5.70. The van der Waals surface area contributed by atoms with Crippen LogP contribution in [0.2, 0.25) is 0 Å². The second-order valence-electron chi connectivity index (χ2n) is 6.61. The van der Waals surface area contributed by atoms with E-state index in [0.29, 0.717) is 25.9 Å². The topological polar surface area (TPSA) is 66.8 Å². The predicted octanol–water partition coefficient (Wildman–Crippen LogP) is 3.13. The molecule has 0 saturated carbocycles. The van der Waals surface area contributed by atoms with Gasteiger partial charge in [-0.25, -0.2) is 4.79 Å². The maximum Gasteiger partial charge on any atom is 0.410 e. The van der Waals surface area contributed by atoms with Crippen molar-refractivity contribution >= 4 is 12.1 Å². The lowest BCUT2D eigenvalue weighted by atomic mass is 9.87. The molecule has 1 aliphatic rings. The average Bonchev–Trinajstić information content (AvgIpc) is 2.34. The summed E-state index contributed by atoms with van der Waals surface area (Å²) < 4.78 is 5.37. The molecule has 5 heteroatoms. The third-order valence-corrected chi connectivity index (χ3v) is 3.63. The van der Waals surface area contributed by atoms with E-state index in [9.17, 15) is 9.59 Å². The lowest BCUT2D eigenvalue weighted by Gasteiger charge is -2.34. The predicted molar refractivity (Wildman–Crippen MR) is 76.6 cm³/mol. The number of carbonyl (C=O) groups is 2. The van der Waals surface area contributed by atoms with Crippen LogP contribution in [-0.2, 0) is 9.53 Å². The van der Waals surface area contributed by atoms with Crippen molar-refractivity contribution in [3.05, 3.63) is 0 Å². The molecule has 2 atom stereocenters. The Hall–Kier alpha value is -1.26. The molecule has 0 aliphatic carbocycles. The van der Waals surface area contributed by atoms with Crippen molar-refractivity contribution in [3.8, 4) is 0 Å². The van der Waals surface area contributed by atoms with Gasteiger partial charge in [-0.15, -0.1) is 0 Å². The standard InChI is InChI=1S/C15H27NO4/c1-5-12(13(17)18)9-11-7-6-8-16(10-11)14(19)20-15(2,3)4/h11-12H,5-10H2,1-4H3,(H,17,18). The van der Waals surface area contributed by atoms with Gasteiger partial charge < -0.3 is 14.7 Å². The number of rotatable bonds is 4. The number of nitrogens with zero attached hydrogens (tertiary/aromatic N) is 1. The molecule has 1 amide bonds. The molecule has 20 heavy (non-hydrogen) atoms. The van der Waals surface area contributed by atoms with E-state index in [4.69, 9.17) is 9.84 Å². The summed E-state index contributed by atoms with van der Waals surface area (Å²) in [5, 5.41) is 9.13. The number of hydrogen-bond donors (Lipinski definition) is 1. The van der Waals surface area contributed by atoms with Crippen LogP contribution in [0.3, 0.4) is 0 Å². The van der Waals surface area contributed by atoms with Crippen LogP contribution >= 0.6 is 0 Å². The Balaban J connectivity index is 2.54. The van der Waals surface area contributed by atoms with E-state index < -0.39 is 11.6 Å². The summed E-state index contributed by atoms with van der Waals surface area (Å²) in [6.07, 6.45) is 2.90. The molecule has 0 aromatic carbocycles. The van der Waals surface area contributed by atoms with Gasteiger partial charge in [-0.05, 0) is 52.4 Å². The first-order valence-corrected chi connectivity index (χ1v) is 7.43. The van der Waals surface area contributed by atoms with E-state index in [1.54, 1.807) is 4.90 Å². The highest BCUT2D eigenvalue weighted by atomic mass is 16.6. The van der Waals surface area contributed by atoms with Crippen molar-refractivity contribution in [2.75, 3.05) is 13.1 Å². The molecule has 0 bridgehead atoms. The molecule has 1 N–H and O–H groups in total. The number of amides is 1. The number of piperidine rings is 1. The van der Waals surface area contributed by atoms with E-state index in [0.717, 1.165) is 12.8 Å². The highest BCUT2D eigenvalue weighted by Crippen LogP contribution is 2.26. The number of hydrogen-bond acceptors (Lipinski definition) is 3. The van der Waals surface area contributed by atoms with Crippen LogP contribution in [0.4, 0.5) is 4.79 Å². The third-order valence-electron chi connectivity index (χ3n) is 3.63. The normalized spacial score (nSPS) is 21.4. The zero-order chi connectivity index (χ0) is 15.3. The van der Waals surface area contributed by atoms with Crippen LogP contribution in [0.5, 0.6) is 0 Å². The maximum absolute atomic E-state index is 12.0. The Morgan fingerprint density at radius 2 is 2.05 bits per heavy atom. The minimum Gasteiger partial charge on any atom is -0.481 e. The molecule has 1 fully saturated rings. The summed E-state index contributed by atoms with van der Waals surface area (Å²) in [7, 11) is 0. The van der Waals surface area contributed by atoms with Gasteiger partial charge in [-0.1, -0.05) is 6.92 Å². The molecular formula is C15H27NO4. The molecule has 116 valence electrons. The molecule has 1 saturated heterocycles. The molecule has 2 unspecified atom stereocenters. The Labute approximate surface area is 121 Å². The van der Waals surface area contributed by atoms with Crippen LogP contribution in [-0.4, -0.2) is 40.8 Å². The SMILES string of the molecule is CCC(CC1CCCN(C(=O)OC(C)(C)C)C1)C(=O)O. The Kier molecular flexibility index (Phi) is 5.84. The molecule has 0 aromatic rings. The summed E-state index contributed by atoms with van der Waals surface area (Å²) in [6.45, 7) is 8.76. The van der Waals surface area contributed by atoms with Gasteiger partial charge in [0, 0.05) is 13.1 Å². The number of aliphatic carboxylic acids is 1. The van der Waals surface area contributed by atoms with Crippen molar-refractivity contribution in [1.82, 2.24) is 4.90 Å². The zero-order valence-electron chi connectivity index (χ0n) is 13.0. The summed E-state index contributed by atoms with van der Waals surface area (Å²) in [6, 6.07) is 0. The fraction of sp³-hybridized carbons (Fsp3) is 0.867. The quantitative estimate of drug-likeness (QED) is 0.861. The smallest absolute Gasteiger partial charge is 0.410 e. The van der Waals surface area contributed by atoms with E-state index in [1.807, 2.05) is 27.7 Å². The van der Waals surface area contributed by atoms with Gasteiger partial charge in [0.25, 0.3) is 0 Å². The Morgan fingerprint density at radius 3 is 2.55 bits per heavy atom. The fourth-order valence-electron chi connectivity index (χ4n) is 2.59. The number of carboxylic acid groups (broad SMARTS) is 1. The second-order valence-corrected chi connectivity index (χ2v) is 6.61. The first-order chi connectivity index (χ1) is 9.23. The minimum atomic E-state index is -0.734. The molecule has 1 heterocycles. The van der Waals surface area contributed by atoms with Gasteiger partial charge >= 0.3 is 12.1 Å². The van der Waals surface area contributed by atoms with E-state index >= 15 is 0 Å². The number of likely N-dealkylation sites (tertiary alicyclic amines) is 1. The van der Waals surface area contributed by atoms with Crippen molar-refractivity contribution < 1.29 is 19.4 Å². The van der Waals surface area contributed by atoms with Gasteiger partial charge in [-0.3, -0.25) is 4.79 Å². The van der Waals surface area contributed by atoms with E-state index in [2.05, 4.69) is 0 Å². The molecule has 0 aromatic heterocycles. The van der Waals surface area contributed by atoms with Crippen LogP contribution in [0.25, 0.3) is 0 Å². The third kappa shape index (κ3) is 5.39. The van der Waals surface area contributed by atoms with Crippen molar-refractivity contribution in [2.45, 2.75) is 59.0 Å². The summed E-state index contributed by atoms with van der Waals surface area (Å²) in [4.78, 5) is 24.9. The minimum absolute atomic E-state index is 0.261. The Morgan fingerprint density at radius 1 is 1.40 bits per heavy atom. The fourth-order valence-corrected chi connectivity index (χ4v) is 2.59. The van der Waals surface area contributed by atoms with Gasteiger partial charge in [0.1, 0.15) is 5.60 Å². The van der Waals surface area contributed by atoms with Crippen molar-refractivity contribution in [2.24, 2.45) is 11.8 Å². The van der Waals surface area contributed by atoms with Gasteiger partial charge in [0.15, 0.2) is 0 Å². The van der Waals surface area contributed by atoms with E-state index in [-0.39, 0.29) is 17.9 Å². The van der Waals surface area contributed by atoms with Crippen LogP contribution in [0.1, 0.15) is 53.4 Å². The van der Waals surface area contributed by atoms with Crippen LogP contribution in [0.15, 0.2) is 0 Å². The maximum atomic E-state index is 12.0. The molecule has 5 nitrogen and oxygen atoms in total. The molecule has 1 rings (SSSR count). The lowest BCUT2D eigenvalue weighted by Crippen LogP contribution is -2.43. The van der Waals surface area contributed by atoms with Crippen molar-refractivity contribution in [3.63, 3.8) is 0 Å². The summed E-state index contributed by atoms with van der Waals surface area (Å²) in [5.74, 6) is -0.780. The van der Waals surface area contributed by atoms with Gasteiger partial charge in [0.2, 0.25) is 0 Å². The average molecular weight is 285 g/mol. The number of ether oxygens (including phenoxy) is 1. The lowest BCUT2D eigenvalue weighted by molar-refractivity contribution is -0.142. The summed E-state index contributed by atoms with van der Waals surface area (Å²) in [5.41, 5.74) is -0.489. The molecule has 1 aliphatic heterocycles. The van der Waals surface area contributed by atoms with Gasteiger partial charge in [-0.2, -0.15) is 0 Å². The number of carbonyl (C=O) groups excluding carboxylic acids is 1. The first-order valence-electron chi connectivity index (χ1n) is 7.43. The Bertz CT molecular complexity index is 348.